The zero-order chi connectivity index (χ0) is 7.61. The fraction of sp³-hybridized carbons (Fsp3) is 0.500. The Bertz CT molecular complexity index is 182. The van der Waals surface area contributed by atoms with Crippen molar-refractivity contribution in [1.82, 2.24) is 0 Å². The molecule has 0 aromatic heterocycles. The summed E-state index contributed by atoms with van der Waals surface area (Å²) in [4.78, 5) is 0. The van der Waals surface area contributed by atoms with E-state index in [2.05, 4.69) is 0 Å². The Labute approximate surface area is 60.8 Å². The van der Waals surface area contributed by atoms with E-state index in [4.69, 9.17) is 9.84 Å². The highest BCUT2D eigenvalue weighted by Gasteiger charge is 2.20. The standard InChI is InChI=1S/C8H12O2/c1-8(10-2)5-3-7(9)4-6-8/h3-5,9H,6H2,1-2H3. The maximum Gasteiger partial charge on any atom is 0.111 e. The second kappa shape index (κ2) is 2.46. The minimum absolute atomic E-state index is 0.216. The number of aliphatic hydroxyl groups excluding tert-OH is 1. The third kappa shape index (κ3) is 1.39. The third-order valence-corrected chi connectivity index (χ3v) is 1.79. The lowest BCUT2D eigenvalue weighted by Gasteiger charge is -2.24. The molecule has 0 saturated heterocycles. The Kier molecular flexibility index (Phi) is 1.81. The fourth-order valence-electron chi connectivity index (χ4n) is 0.856. The zero-order valence-corrected chi connectivity index (χ0v) is 6.29. The number of hydrogen-bond acceptors (Lipinski definition) is 2. The van der Waals surface area contributed by atoms with Crippen LogP contribution in [0.2, 0.25) is 0 Å². The number of ether oxygens (including phenoxy) is 1. The van der Waals surface area contributed by atoms with Crippen LogP contribution in [-0.2, 0) is 4.74 Å². The topological polar surface area (TPSA) is 29.5 Å². The fourth-order valence-corrected chi connectivity index (χ4v) is 0.856. The maximum absolute atomic E-state index is 8.96. The molecule has 56 valence electrons. The molecule has 1 aliphatic rings. The van der Waals surface area contributed by atoms with E-state index in [9.17, 15) is 0 Å². The van der Waals surface area contributed by atoms with E-state index in [0.717, 1.165) is 6.42 Å². The van der Waals surface area contributed by atoms with Gasteiger partial charge in [-0.25, -0.2) is 0 Å². The first-order chi connectivity index (χ1) is 4.66. The summed E-state index contributed by atoms with van der Waals surface area (Å²) in [6.07, 6.45) is 6.02. The van der Waals surface area contributed by atoms with E-state index in [1.54, 1.807) is 19.3 Å². The van der Waals surface area contributed by atoms with Crippen molar-refractivity contribution in [2.45, 2.75) is 18.9 Å². The molecule has 10 heavy (non-hydrogen) atoms. The maximum atomic E-state index is 8.96. The Morgan fingerprint density at radius 3 is 2.80 bits per heavy atom. The van der Waals surface area contributed by atoms with Gasteiger partial charge in [0.2, 0.25) is 0 Å². The molecule has 2 nitrogen and oxygen atoms in total. The second-order valence-corrected chi connectivity index (χ2v) is 2.68. The molecule has 0 radical (unpaired) electrons. The lowest BCUT2D eigenvalue weighted by molar-refractivity contribution is 0.0490. The zero-order valence-electron chi connectivity index (χ0n) is 6.29. The van der Waals surface area contributed by atoms with Crippen LogP contribution < -0.4 is 0 Å². The first-order valence-corrected chi connectivity index (χ1v) is 3.30. The number of rotatable bonds is 1. The molecular formula is C8H12O2. The average molecular weight is 140 g/mol. The summed E-state index contributed by atoms with van der Waals surface area (Å²) >= 11 is 0. The van der Waals surface area contributed by atoms with Crippen LogP contribution in [0.1, 0.15) is 13.3 Å². The van der Waals surface area contributed by atoms with Gasteiger partial charge in [-0.2, -0.15) is 0 Å². The van der Waals surface area contributed by atoms with E-state index < -0.39 is 0 Å². The van der Waals surface area contributed by atoms with E-state index in [1.807, 2.05) is 13.0 Å². The second-order valence-electron chi connectivity index (χ2n) is 2.68. The number of aliphatic hydroxyl groups is 1. The van der Waals surface area contributed by atoms with Crippen molar-refractivity contribution in [2.24, 2.45) is 0 Å². The summed E-state index contributed by atoms with van der Waals surface area (Å²) in [5, 5.41) is 8.96. The number of methoxy groups -OCH3 is 1. The quantitative estimate of drug-likeness (QED) is 0.601. The molecule has 1 unspecified atom stereocenters. The number of allylic oxidation sites excluding steroid dienone is 1. The van der Waals surface area contributed by atoms with Crippen LogP contribution in [-0.4, -0.2) is 17.8 Å². The normalized spacial score (nSPS) is 32.0. The Hall–Kier alpha value is -0.760. The van der Waals surface area contributed by atoms with Crippen LogP contribution in [0, 0.1) is 0 Å². The molecule has 0 amide bonds. The van der Waals surface area contributed by atoms with Gasteiger partial charge >= 0.3 is 0 Å². The summed E-state index contributed by atoms with van der Waals surface area (Å²) in [5.41, 5.74) is -0.216. The van der Waals surface area contributed by atoms with Gasteiger partial charge in [-0.15, -0.1) is 0 Å². The number of hydrogen-bond donors (Lipinski definition) is 1. The van der Waals surface area contributed by atoms with Gasteiger partial charge in [0.15, 0.2) is 0 Å². The minimum Gasteiger partial charge on any atom is -0.508 e. The minimum atomic E-state index is -0.216. The molecule has 0 aromatic rings. The largest absolute Gasteiger partial charge is 0.508 e. The summed E-state index contributed by atoms with van der Waals surface area (Å²) < 4.78 is 5.18. The Balaban J connectivity index is 2.67. The highest BCUT2D eigenvalue weighted by Crippen LogP contribution is 2.22. The van der Waals surface area contributed by atoms with Crippen LogP contribution in [0.3, 0.4) is 0 Å². The lowest BCUT2D eigenvalue weighted by Crippen LogP contribution is -2.24. The summed E-state index contributed by atoms with van der Waals surface area (Å²) in [6, 6.07) is 0. The molecule has 1 N–H and O–H groups in total. The highest BCUT2D eigenvalue weighted by atomic mass is 16.5. The van der Waals surface area contributed by atoms with Gasteiger partial charge in [-0.1, -0.05) is 0 Å². The van der Waals surface area contributed by atoms with E-state index in [1.165, 1.54) is 0 Å². The van der Waals surface area contributed by atoms with E-state index in [-0.39, 0.29) is 5.60 Å². The molecule has 1 aliphatic carbocycles. The molecule has 2 heteroatoms. The van der Waals surface area contributed by atoms with Gasteiger partial charge in [0.1, 0.15) is 5.76 Å². The SMILES string of the molecule is COC1(C)C=CC(O)=CC1. The third-order valence-electron chi connectivity index (χ3n) is 1.79. The van der Waals surface area contributed by atoms with Crippen LogP contribution in [0.5, 0.6) is 0 Å². The Morgan fingerprint density at radius 1 is 1.70 bits per heavy atom. The summed E-state index contributed by atoms with van der Waals surface area (Å²) in [5.74, 6) is 0.328. The van der Waals surface area contributed by atoms with Crippen LogP contribution in [0.25, 0.3) is 0 Å². The molecule has 0 spiro atoms. The van der Waals surface area contributed by atoms with Crippen molar-refractivity contribution in [3.63, 3.8) is 0 Å². The molecule has 1 atom stereocenters. The molecule has 0 aliphatic heterocycles. The van der Waals surface area contributed by atoms with Crippen molar-refractivity contribution < 1.29 is 9.84 Å². The summed E-state index contributed by atoms with van der Waals surface area (Å²) in [6.45, 7) is 1.98. The van der Waals surface area contributed by atoms with Crippen molar-refractivity contribution in [3.05, 3.63) is 24.0 Å². The molecule has 1 rings (SSSR count). The molecular weight excluding hydrogens is 128 g/mol. The molecule has 0 aromatic carbocycles. The Morgan fingerprint density at radius 2 is 2.40 bits per heavy atom. The first-order valence-electron chi connectivity index (χ1n) is 3.30. The van der Waals surface area contributed by atoms with Gasteiger partial charge in [0, 0.05) is 13.5 Å². The smallest absolute Gasteiger partial charge is 0.111 e. The van der Waals surface area contributed by atoms with Gasteiger partial charge < -0.3 is 9.84 Å². The van der Waals surface area contributed by atoms with Crippen LogP contribution in [0.4, 0.5) is 0 Å². The van der Waals surface area contributed by atoms with Gasteiger partial charge in [0.05, 0.1) is 5.60 Å². The van der Waals surface area contributed by atoms with Crippen LogP contribution >= 0.6 is 0 Å². The van der Waals surface area contributed by atoms with Gasteiger partial charge in [-0.05, 0) is 25.2 Å². The first kappa shape index (κ1) is 7.35. The molecule has 0 heterocycles. The monoisotopic (exact) mass is 140 g/mol. The highest BCUT2D eigenvalue weighted by molar-refractivity contribution is 5.21. The predicted molar refractivity (Wildman–Crippen MR) is 39.9 cm³/mol. The average Bonchev–Trinajstić information content (AvgIpc) is 1.96. The molecule has 0 bridgehead atoms. The van der Waals surface area contributed by atoms with Crippen molar-refractivity contribution >= 4 is 0 Å². The van der Waals surface area contributed by atoms with Gasteiger partial charge in [0.25, 0.3) is 0 Å². The summed E-state index contributed by atoms with van der Waals surface area (Å²) in [7, 11) is 1.67. The predicted octanol–water partition coefficient (Wildman–Crippen LogP) is 1.79. The van der Waals surface area contributed by atoms with Crippen molar-refractivity contribution in [2.75, 3.05) is 7.11 Å². The lowest BCUT2D eigenvalue weighted by atomic mass is 9.97. The molecule has 0 saturated carbocycles. The van der Waals surface area contributed by atoms with Crippen LogP contribution in [0.15, 0.2) is 24.0 Å². The van der Waals surface area contributed by atoms with E-state index >= 15 is 0 Å². The van der Waals surface area contributed by atoms with Crippen molar-refractivity contribution in [3.8, 4) is 0 Å². The van der Waals surface area contributed by atoms with E-state index in [0.29, 0.717) is 5.76 Å². The van der Waals surface area contributed by atoms with Gasteiger partial charge in [-0.3, -0.25) is 0 Å². The molecule has 0 fully saturated rings. The van der Waals surface area contributed by atoms with Crippen molar-refractivity contribution in [1.29, 1.82) is 0 Å².